The predicted molar refractivity (Wildman–Crippen MR) is 74.4 cm³/mol. The number of nitrogens with two attached hydrogens (primary N) is 1. The second kappa shape index (κ2) is 8.81. The fraction of sp³-hybridized carbons (Fsp3) is 0.867. The Morgan fingerprint density at radius 2 is 1.88 bits per heavy atom. The molecule has 0 heterocycles. The molecule has 0 radical (unpaired) electrons. The highest BCUT2D eigenvalue weighted by molar-refractivity contribution is 4.91. The van der Waals surface area contributed by atoms with Crippen LogP contribution in [-0.4, -0.2) is 6.54 Å². The first-order chi connectivity index (χ1) is 7.52. The molecule has 16 heavy (non-hydrogen) atoms. The van der Waals surface area contributed by atoms with Gasteiger partial charge >= 0.3 is 0 Å². The summed E-state index contributed by atoms with van der Waals surface area (Å²) in [5.41, 5.74) is 6.86. The van der Waals surface area contributed by atoms with Gasteiger partial charge in [-0.25, -0.2) is 0 Å². The van der Waals surface area contributed by atoms with Crippen LogP contribution in [0.15, 0.2) is 12.2 Å². The number of hydrogen-bond acceptors (Lipinski definition) is 1. The van der Waals surface area contributed by atoms with Gasteiger partial charge in [-0.05, 0) is 44.1 Å². The van der Waals surface area contributed by atoms with E-state index in [1.807, 2.05) is 0 Å². The maximum absolute atomic E-state index is 5.55. The third kappa shape index (κ3) is 6.32. The summed E-state index contributed by atoms with van der Waals surface area (Å²) >= 11 is 0. The molecule has 0 aliphatic heterocycles. The van der Waals surface area contributed by atoms with E-state index in [0.717, 1.165) is 24.3 Å². The van der Waals surface area contributed by atoms with Gasteiger partial charge in [0.1, 0.15) is 0 Å². The van der Waals surface area contributed by atoms with Crippen LogP contribution >= 0.6 is 0 Å². The summed E-state index contributed by atoms with van der Waals surface area (Å²) in [6.45, 7) is 14.1. The molecule has 0 aromatic carbocycles. The van der Waals surface area contributed by atoms with E-state index in [9.17, 15) is 0 Å². The first kappa shape index (κ1) is 15.7. The Kier molecular flexibility index (Phi) is 8.64. The molecule has 1 nitrogen and oxygen atoms in total. The molecular formula is C15H31N. The molecule has 0 rings (SSSR count). The van der Waals surface area contributed by atoms with Gasteiger partial charge in [-0.3, -0.25) is 0 Å². The summed E-state index contributed by atoms with van der Waals surface area (Å²) in [4.78, 5) is 0. The lowest BCUT2D eigenvalue weighted by molar-refractivity contribution is 0.235. The zero-order valence-corrected chi connectivity index (χ0v) is 11.8. The molecule has 0 aliphatic carbocycles. The Labute approximate surface area is 102 Å². The zero-order chi connectivity index (χ0) is 12.6. The molecule has 3 atom stereocenters. The first-order valence-corrected chi connectivity index (χ1v) is 6.87. The summed E-state index contributed by atoms with van der Waals surface area (Å²) in [5.74, 6) is 2.43. The monoisotopic (exact) mass is 225 g/mol. The van der Waals surface area contributed by atoms with Gasteiger partial charge in [0, 0.05) is 0 Å². The molecule has 0 spiro atoms. The third-order valence-electron chi connectivity index (χ3n) is 3.86. The van der Waals surface area contributed by atoms with E-state index in [1.54, 1.807) is 0 Å². The molecular weight excluding hydrogens is 194 g/mol. The van der Waals surface area contributed by atoms with E-state index < -0.39 is 0 Å². The number of hydrogen-bond donors (Lipinski definition) is 1. The van der Waals surface area contributed by atoms with Crippen molar-refractivity contribution in [3.63, 3.8) is 0 Å². The number of rotatable bonds is 9. The molecule has 0 saturated heterocycles. The second-order valence-electron chi connectivity index (χ2n) is 5.45. The quantitative estimate of drug-likeness (QED) is 0.457. The van der Waals surface area contributed by atoms with Crippen LogP contribution in [0.25, 0.3) is 0 Å². The van der Waals surface area contributed by atoms with Gasteiger partial charge in [0.15, 0.2) is 0 Å². The predicted octanol–water partition coefficient (Wildman–Crippen LogP) is 4.38. The molecule has 0 amide bonds. The summed E-state index contributed by atoms with van der Waals surface area (Å²) in [6.07, 6.45) is 6.29. The van der Waals surface area contributed by atoms with Crippen molar-refractivity contribution in [1.82, 2.24) is 0 Å². The van der Waals surface area contributed by atoms with Crippen LogP contribution in [0.4, 0.5) is 0 Å². The number of unbranched alkanes of at least 4 members (excludes halogenated alkanes) is 1. The van der Waals surface area contributed by atoms with Gasteiger partial charge in [0.25, 0.3) is 0 Å². The van der Waals surface area contributed by atoms with Crippen molar-refractivity contribution in [3.05, 3.63) is 12.2 Å². The molecule has 2 unspecified atom stereocenters. The van der Waals surface area contributed by atoms with Gasteiger partial charge < -0.3 is 5.73 Å². The number of allylic oxidation sites excluding steroid dienone is 1. The average molecular weight is 225 g/mol. The van der Waals surface area contributed by atoms with Crippen molar-refractivity contribution in [3.8, 4) is 0 Å². The Morgan fingerprint density at radius 1 is 1.25 bits per heavy atom. The van der Waals surface area contributed by atoms with Crippen LogP contribution in [0.5, 0.6) is 0 Å². The fourth-order valence-electron chi connectivity index (χ4n) is 2.59. The first-order valence-electron chi connectivity index (χ1n) is 6.87. The van der Waals surface area contributed by atoms with Gasteiger partial charge in [-0.2, -0.15) is 0 Å². The highest BCUT2D eigenvalue weighted by Crippen LogP contribution is 2.30. The largest absolute Gasteiger partial charge is 0.330 e. The van der Waals surface area contributed by atoms with E-state index in [4.69, 9.17) is 5.73 Å². The van der Waals surface area contributed by atoms with Crippen LogP contribution in [0.2, 0.25) is 0 Å². The fourth-order valence-corrected chi connectivity index (χ4v) is 2.59. The van der Waals surface area contributed by atoms with Crippen molar-refractivity contribution in [2.24, 2.45) is 23.5 Å². The van der Waals surface area contributed by atoms with Crippen molar-refractivity contribution >= 4 is 0 Å². The molecule has 0 aromatic heterocycles. The van der Waals surface area contributed by atoms with E-state index in [1.165, 1.54) is 37.7 Å². The van der Waals surface area contributed by atoms with Crippen LogP contribution < -0.4 is 5.73 Å². The molecule has 1 heteroatoms. The van der Waals surface area contributed by atoms with Crippen molar-refractivity contribution < 1.29 is 0 Å². The maximum atomic E-state index is 5.55. The van der Waals surface area contributed by atoms with Gasteiger partial charge in [0.2, 0.25) is 0 Å². The minimum atomic E-state index is 0.764. The molecule has 0 saturated carbocycles. The third-order valence-corrected chi connectivity index (χ3v) is 3.86. The molecule has 0 aliphatic rings. The van der Waals surface area contributed by atoms with E-state index in [2.05, 4.69) is 34.3 Å². The van der Waals surface area contributed by atoms with Crippen LogP contribution in [-0.2, 0) is 0 Å². The maximum Gasteiger partial charge on any atom is -0.00773 e. The summed E-state index contributed by atoms with van der Waals surface area (Å²) in [5, 5.41) is 0. The SMILES string of the molecule is C=C(C)C[C@@H](C)C(C)C(CC)CCCCN. The van der Waals surface area contributed by atoms with Crippen LogP contribution in [0, 0.1) is 17.8 Å². The van der Waals surface area contributed by atoms with Gasteiger partial charge in [-0.15, -0.1) is 6.58 Å². The van der Waals surface area contributed by atoms with Crippen molar-refractivity contribution in [2.45, 2.75) is 59.8 Å². The smallest absolute Gasteiger partial charge is 0.00773 e. The lowest BCUT2D eigenvalue weighted by Gasteiger charge is -2.28. The summed E-state index contributed by atoms with van der Waals surface area (Å²) in [7, 11) is 0. The van der Waals surface area contributed by atoms with E-state index in [-0.39, 0.29) is 0 Å². The van der Waals surface area contributed by atoms with Crippen molar-refractivity contribution in [1.29, 1.82) is 0 Å². The highest BCUT2D eigenvalue weighted by Gasteiger charge is 2.20. The Morgan fingerprint density at radius 3 is 2.31 bits per heavy atom. The van der Waals surface area contributed by atoms with Gasteiger partial charge in [0.05, 0.1) is 0 Å². The minimum absolute atomic E-state index is 0.764. The Hall–Kier alpha value is -0.300. The lowest BCUT2D eigenvalue weighted by Crippen LogP contribution is -2.19. The Bertz CT molecular complexity index is 186. The standard InChI is InChI=1S/C15H31N/c1-6-15(9-7-8-10-16)14(5)13(4)11-12(2)3/h13-15H,2,6-11,16H2,1,3-5H3/t13-,14?,15?/m1/s1. The van der Waals surface area contributed by atoms with Gasteiger partial charge in [-0.1, -0.05) is 45.6 Å². The van der Waals surface area contributed by atoms with Crippen molar-refractivity contribution in [2.75, 3.05) is 6.54 Å². The second-order valence-corrected chi connectivity index (χ2v) is 5.45. The molecule has 0 aromatic rings. The summed E-state index contributed by atoms with van der Waals surface area (Å²) in [6, 6.07) is 0. The minimum Gasteiger partial charge on any atom is -0.330 e. The normalized spacial score (nSPS) is 16.8. The topological polar surface area (TPSA) is 26.0 Å². The van der Waals surface area contributed by atoms with E-state index >= 15 is 0 Å². The molecule has 0 bridgehead atoms. The molecule has 96 valence electrons. The average Bonchev–Trinajstić information content (AvgIpc) is 2.22. The molecule has 2 N–H and O–H groups in total. The lowest BCUT2D eigenvalue weighted by atomic mass is 9.77. The van der Waals surface area contributed by atoms with Crippen LogP contribution in [0.3, 0.4) is 0 Å². The summed E-state index contributed by atoms with van der Waals surface area (Å²) < 4.78 is 0. The highest BCUT2D eigenvalue weighted by atomic mass is 14.5. The van der Waals surface area contributed by atoms with Crippen LogP contribution in [0.1, 0.15) is 59.8 Å². The van der Waals surface area contributed by atoms with E-state index in [0.29, 0.717) is 0 Å². The Balaban J connectivity index is 4.06. The molecule has 0 fully saturated rings. The zero-order valence-electron chi connectivity index (χ0n) is 11.8.